The minimum absolute atomic E-state index is 0.0431. The number of halogens is 1. The molecule has 0 aliphatic heterocycles. The number of aromatic nitrogens is 3. The van der Waals surface area contributed by atoms with Crippen LogP contribution in [0, 0.1) is 3.57 Å². The van der Waals surface area contributed by atoms with Gasteiger partial charge in [-0.25, -0.2) is 0 Å². The zero-order chi connectivity index (χ0) is 16.9. The lowest BCUT2D eigenvalue weighted by atomic mass is 9.85. The van der Waals surface area contributed by atoms with Gasteiger partial charge in [0.1, 0.15) is 0 Å². The molecule has 0 atom stereocenters. The standard InChI is InChI=1S/C20H18IN3/c1-20(2,3)17-12-24-18(13-8-10-14(21)11-9-13)22-23-19(24)16-7-5-4-6-15(16)17/h4-12H,1-3H3. The van der Waals surface area contributed by atoms with Crippen molar-refractivity contribution < 1.29 is 0 Å². The Labute approximate surface area is 154 Å². The average molecular weight is 427 g/mol. The SMILES string of the molecule is CC(C)(C)c1cn2c(-c3ccc(I)cc3)nnc2c2ccccc12. The van der Waals surface area contributed by atoms with Crippen LogP contribution in [-0.4, -0.2) is 14.6 Å². The van der Waals surface area contributed by atoms with Gasteiger partial charge in [-0.1, -0.05) is 57.2 Å². The second-order valence-electron chi connectivity index (χ2n) is 7.06. The van der Waals surface area contributed by atoms with Gasteiger partial charge < -0.3 is 0 Å². The number of nitrogens with zero attached hydrogens (tertiary/aromatic N) is 3. The van der Waals surface area contributed by atoms with E-state index in [9.17, 15) is 0 Å². The Balaban J connectivity index is 2.09. The van der Waals surface area contributed by atoms with E-state index in [2.05, 4.69) is 113 Å². The van der Waals surface area contributed by atoms with Crippen molar-refractivity contribution in [2.75, 3.05) is 0 Å². The van der Waals surface area contributed by atoms with Crippen molar-refractivity contribution in [2.45, 2.75) is 26.2 Å². The van der Waals surface area contributed by atoms with Crippen LogP contribution in [0.25, 0.3) is 27.8 Å². The molecule has 0 bridgehead atoms. The van der Waals surface area contributed by atoms with Crippen LogP contribution in [0.3, 0.4) is 0 Å². The highest BCUT2D eigenvalue weighted by atomic mass is 127. The molecule has 2 heterocycles. The molecule has 0 aliphatic rings. The van der Waals surface area contributed by atoms with E-state index in [1.165, 1.54) is 14.5 Å². The molecule has 4 heteroatoms. The van der Waals surface area contributed by atoms with E-state index in [0.29, 0.717) is 0 Å². The average Bonchev–Trinajstić information content (AvgIpc) is 2.98. The molecule has 2 aromatic carbocycles. The van der Waals surface area contributed by atoms with Crippen molar-refractivity contribution in [3.05, 3.63) is 63.9 Å². The molecule has 4 aromatic rings. The summed E-state index contributed by atoms with van der Waals surface area (Å²) >= 11 is 2.32. The Morgan fingerprint density at radius 3 is 2.21 bits per heavy atom. The first kappa shape index (κ1) is 15.6. The fourth-order valence-corrected chi connectivity index (χ4v) is 3.46. The molecule has 0 aliphatic carbocycles. The lowest BCUT2D eigenvalue weighted by Gasteiger charge is -2.22. The molecule has 0 N–H and O–H groups in total. The topological polar surface area (TPSA) is 30.2 Å². The van der Waals surface area contributed by atoms with E-state index < -0.39 is 0 Å². The van der Waals surface area contributed by atoms with Gasteiger partial charge in [-0.05, 0) is 51.1 Å². The van der Waals surface area contributed by atoms with Gasteiger partial charge in [0, 0.05) is 20.7 Å². The van der Waals surface area contributed by atoms with Gasteiger partial charge >= 0.3 is 0 Å². The molecule has 3 nitrogen and oxygen atoms in total. The normalized spacial score (nSPS) is 12.2. The molecule has 2 aromatic heterocycles. The van der Waals surface area contributed by atoms with Crippen molar-refractivity contribution in [3.8, 4) is 11.4 Å². The second kappa shape index (κ2) is 5.55. The summed E-state index contributed by atoms with van der Waals surface area (Å²) in [6.07, 6.45) is 2.20. The lowest BCUT2D eigenvalue weighted by molar-refractivity contribution is 0.592. The molecule has 0 saturated heterocycles. The molecular weight excluding hydrogens is 409 g/mol. The fraction of sp³-hybridized carbons (Fsp3) is 0.200. The summed E-state index contributed by atoms with van der Waals surface area (Å²) in [6.45, 7) is 6.74. The van der Waals surface area contributed by atoms with E-state index in [1.807, 2.05) is 0 Å². The van der Waals surface area contributed by atoms with Gasteiger partial charge in [0.25, 0.3) is 0 Å². The van der Waals surface area contributed by atoms with E-state index in [-0.39, 0.29) is 5.41 Å². The molecule has 0 radical (unpaired) electrons. The molecule has 0 unspecified atom stereocenters. The molecule has 24 heavy (non-hydrogen) atoms. The predicted octanol–water partition coefficient (Wildman–Crippen LogP) is 5.45. The summed E-state index contributed by atoms with van der Waals surface area (Å²) in [5, 5.41) is 11.4. The summed E-state index contributed by atoms with van der Waals surface area (Å²) in [5.41, 5.74) is 3.34. The van der Waals surface area contributed by atoms with Crippen LogP contribution in [0.4, 0.5) is 0 Å². The van der Waals surface area contributed by atoms with Crippen LogP contribution >= 0.6 is 22.6 Å². The van der Waals surface area contributed by atoms with Crippen LogP contribution in [-0.2, 0) is 5.41 Å². The van der Waals surface area contributed by atoms with Gasteiger partial charge in [-0.3, -0.25) is 4.40 Å². The van der Waals surface area contributed by atoms with Crippen LogP contribution in [0.15, 0.2) is 54.7 Å². The van der Waals surface area contributed by atoms with Crippen molar-refractivity contribution >= 4 is 39.0 Å². The van der Waals surface area contributed by atoms with E-state index >= 15 is 0 Å². The Hall–Kier alpha value is -1.95. The van der Waals surface area contributed by atoms with Crippen LogP contribution in [0.5, 0.6) is 0 Å². The molecule has 0 saturated carbocycles. The summed E-state index contributed by atoms with van der Waals surface area (Å²) in [4.78, 5) is 0. The maximum absolute atomic E-state index is 4.48. The van der Waals surface area contributed by atoms with Gasteiger partial charge in [-0.15, -0.1) is 10.2 Å². The number of benzene rings is 2. The highest BCUT2D eigenvalue weighted by Crippen LogP contribution is 2.33. The maximum atomic E-state index is 4.48. The summed E-state index contributed by atoms with van der Waals surface area (Å²) in [7, 11) is 0. The summed E-state index contributed by atoms with van der Waals surface area (Å²) in [5.74, 6) is 0.887. The summed E-state index contributed by atoms with van der Waals surface area (Å²) in [6, 6.07) is 16.9. The molecule has 0 amide bonds. The smallest absolute Gasteiger partial charge is 0.168 e. The highest BCUT2D eigenvalue weighted by molar-refractivity contribution is 14.1. The van der Waals surface area contributed by atoms with Crippen LogP contribution < -0.4 is 0 Å². The second-order valence-corrected chi connectivity index (χ2v) is 8.31. The predicted molar refractivity (Wildman–Crippen MR) is 107 cm³/mol. The third kappa shape index (κ3) is 2.49. The molecule has 0 fully saturated rings. The Morgan fingerprint density at radius 1 is 0.875 bits per heavy atom. The van der Waals surface area contributed by atoms with Crippen molar-refractivity contribution in [1.82, 2.24) is 14.6 Å². The van der Waals surface area contributed by atoms with Crippen molar-refractivity contribution in [2.24, 2.45) is 0 Å². The zero-order valence-electron chi connectivity index (χ0n) is 13.9. The summed E-state index contributed by atoms with van der Waals surface area (Å²) < 4.78 is 3.34. The van der Waals surface area contributed by atoms with Crippen LogP contribution in [0.2, 0.25) is 0 Å². The molecule has 120 valence electrons. The third-order valence-electron chi connectivity index (χ3n) is 4.32. The van der Waals surface area contributed by atoms with Gasteiger partial charge in [-0.2, -0.15) is 0 Å². The largest absolute Gasteiger partial charge is 0.282 e. The van der Waals surface area contributed by atoms with Crippen LogP contribution in [0.1, 0.15) is 26.3 Å². The number of hydrogen-bond donors (Lipinski definition) is 0. The Bertz CT molecular complexity index is 1040. The minimum atomic E-state index is 0.0431. The molecular formula is C20H18IN3. The lowest BCUT2D eigenvalue weighted by Crippen LogP contribution is -2.13. The van der Waals surface area contributed by atoms with Gasteiger partial charge in [0.2, 0.25) is 0 Å². The minimum Gasteiger partial charge on any atom is -0.282 e. The number of rotatable bonds is 1. The monoisotopic (exact) mass is 427 g/mol. The van der Waals surface area contributed by atoms with E-state index in [1.54, 1.807) is 0 Å². The first-order valence-corrected chi connectivity index (χ1v) is 9.06. The van der Waals surface area contributed by atoms with Crippen molar-refractivity contribution in [3.63, 3.8) is 0 Å². The zero-order valence-corrected chi connectivity index (χ0v) is 16.1. The van der Waals surface area contributed by atoms with Gasteiger partial charge in [0.15, 0.2) is 11.5 Å². The molecule has 4 rings (SSSR count). The Kier molecular flexibility index (Phi) is 3.60. The third-order valence-corrected chi connectivity index (χ3v) is 5.04. The molecule has 0 spiro atoms. The first-order chi connectivity index (χ1) is 11.4. The van der Waals surface area contributed by atoms with E-state index in [4.69, 9.17) is 0 Å². The van der Waals surface area contributed by atoms with Crippen molar-refractivity contribution in [1.29, 1.82) is 0 Å². The van der Waals surface area contributed by atoms with E-state index in [0.717, 1.165) is 22.4 Å². The maximum Gasteiger partial charge on any atom is 0.168 e. The highest BCUT2D eigenvalue weighted by Gasteiger charge is 2.21. The number of fused-ring (bicyclic) bond motifs is 3. The first-order valence-electron chi connectivity index (χ1n) is 7.98. The fourth-order valence-electron chi connectivity index (χ4n) is 3.10. The number of pyridine rings is 1. The number of hydrogen-bond acceptors (Lipinski definition) is 2. The van der Waals surface area contributed by atoms with Gasteiger partial charge in [0.05, 0.1) is 0 Å². The Morgan fingerprint density at radius 2 is 1.54 bits per heavy atom. The quantitative estimate of drug-likeness (QED) is 0.378.